The Morgan fingerprint density at radius 2 is 0.727 bits per heavy atom. The van der Waals surface area contributed by atoms with E-state index >= 15 is 0 Å². The number of carbonyl (C=O) groups is 4. The van der Waals surface area contributed by atoms with Crippen LogP contribution in [0.25, 0.3) is 0 Å². The largest absolute Gasteiger partial charge is 0.455 e. The average molecular weight is 1330 g/mol. The maximum absolute atomic E-state index is 13.3. The Morgan fingerprint density at radius 3 is 1.13 bits per heavy atom. The molecule has 0 spiro atoms. The van der Waals surface area contributed by atoms with Crippen molar-refractivity contribution in [2.24, 2.45) is 0 Å². The molecule has 0 radical (unpaired) electrons. The van der Waals surface area contributed by atoms with E-state index in [0.717, 1.165) is 40.2 Å². The van der Waals surface area contributed by atoms with Crippen molar-refractivity contribution in [3.05, 3.63) is 293 Å². The van der Waals surface area contributed by atoms with Crippen LogP contribution in [-0.2, 0) is 38.5 Å². The van der Waals surface area contributed by atoms with E-state index in [1.807, 2.05) is 96.1 Å². The van der Waals surface area contributed by atoms with Crippen molar-refractivity contribution in [3.63, 3.8) is 0 Å². The van der Waals surface area contributed by atoms with Crippen molar-refractivity contribution >= 4 is 23.1 Å². The maximum Gasteiger partial charge on any atom is 0.187 e. The highest BCUT2D eigenvalue weighted by Crippen LogP contribution is 2.27. The highest BCUT2D eigenvalue weighted by Gasteiger charge is 2.18. The molecule has 99 heavy (non-hydrogen) atoms. The van der Waals surface area contributed by atoms with Gasteiger partial charge in [0.05, 0.1) is 81.0 Å². The van der Waals surface area contributed by atoms with Gasteiger partial charge >= 0.3 is 0 Å². The molecular weight excluding hydrogens is 1260 g/mol. The van der Waals surface area contributed by atoms with Crippen LogP contribution in [0.2, 0.25) is 0 Å². The minimum absolute atomic E-state index is 0.0396. The molecule has 12 rings (SSSR count). The standard InChI is InChI=1S/C20H18FN3O2.C19H18N4O2.C18H16N4O2.C17H13FN4O2/c1-3-15-8-17(26-18-7-14(21)11-22-12-18)10-19(24-15)20(25)9-16-6-4-5-13(2)23-16;1-3-14-6-16(25-17-10-20-12-21-11-17)8-18(23-14)19(24)7-15-5-4-13(2)9-22-15;1-12-4-3-5-14(21-12)7-18(23)17-8-15(6-13(2)22-17)24-16-9-19-11-20-10-16;1-11-4-14(24-15-8-19-10-20-9-15)7-16(22-11)17(23)6-13-5-12(18)2-3-21-13/h4-8,10-12H,3,9H2,1-2H3;4-6,8-12H,3,7H2,1-2H3;3-6,8-11H,7H2,1-2H3;2-5,7-10H,6H2,1H3. The van der Waals surface area contributed by atoms with Gasteiger partial charge in [0, 0.05) is 118 Å². The van der Waals surface area contributed by atoms with E-state index < -0.39 is 11.6 Å². The third-order valence-corrected chi connectivity index (χ3v) is 13.7. The van der Waals surface area contributed by atoms with Crippen molar-refractivity contribution in [1.29, 1.82) is 0 Å². The van der Waals surface area contributed by atoms with Crippen LogP contribution in [0.4, 0.5) is 8.78 Å². The zero-order chi connectivity index (χ0) is 70.0. The summed E-state index contributed by atoms with van der Waals surface area (Å²) in [6.45, 7) is 13.2. The number of hydrogen-bond acceptors (Lipinski definition) is 23. The van der Waals surface area contributed by atoms with Crippen molar-refractivity contribution in [3.8, 4) is 46.0 Å². The van der Waals surface area contributed by atoms with Gasteiger partial charge in [-0.25, -0.2) is 58.6 Å². The van der Waals surface area contributed by atoms with Crippen LogP contribution >= 0.6 is 0 Å². The molecule has 0 aliphatic carbocycles. The molecule has 0 aromatic carbocycles. The maximum atomic E-state index is 13.3. The van der Waals surface area contributed by atoms with E-state index in [1.165, 1.54) is 68.0 Å². The molecule has 0 aliphatic heterocycles. The van der Waals surface area contributed by atoms with Gasteiger partial charge in [-0.05, 0) is 95.5 Å². The van der Waals surface area contributed by atoms with Crippen LogP contribution in [0.5, 0.6) is 46.0 Å². The molecule has 0 unspecified atom stereocenters. The first-order chi connectivity index (χ1) is 47.9. The summed E-state index contributed by atoms with van der Waals surface area (Å²) in [6, 6.07) is 32.0. The van der Waals surface area contributed by atoms with E-state index in [-0.39, 0.29) is 60.3 Å². The molecule has 0 N–H and O–H groups in total. The molecule has 12 aromatic rings. The Kier molecular flexibility index (Phi) is 25.1. The van der Waals surface area contributed by atoms with Crippen LogP contribution in [0.15, 0.2) is 196 Å². The smallest absolute Gasteiger partial charge is 0.187 e. The molecule has 12 aromatic heterocycles. The van der Waals surface area contributed by atoms with Crippen LogP contribution in [0, 0.1) is 46.3 Å². The van der Waals surface area contributed by atoms with Crippen LogP contribution in [0.3, 0.4) is 0 Å². The van der Waals surface area contributed by atoms with Gasteiger partial charge in [0.2, 0.25) is 0 Å². The van der Waals surface area contributed by atoms with Gasteiger partial charge in [0.25, 0.3) is 0 Å². The highest BCUT2D eigenvalue weighted by atomic mass is 19.1. The van der Waals surface area contributed by atoms with E-state index in [2.05, 4.69) is 74.8 Å². The summed E-state index contributed by atoms with van der Waals surface area (Å²) >= 11 is 0. The summed E-state index contributed by atoms with van der Waals surface area (Å²) in [5.74, 6) is 2.12. The molecule has 498 valence electrons. The van der Waals surface area contributed by atoms with Crippen LogP contribution < -0.4 is 18.9 Å². The number of nitrogens with zero attached hydrogens (tertiary/aromatic N) is 15. The molecule has 0 aliphatic rings. The molecule has 0 saturated carbocycles. The second-order valence-corrected chi connectivity index (χ2v) is 21.9. The number of ether oxygens (including phenoxy) is 4. The quantitative estimate of drug-likeness (QED) is 0.0569. The Bertz CT molecular complexity index is 4590. The summed E-state index contributed by atoms with van der Waals surface area (Å²) < 4.78 is 49.2. The number of aryl methyl sites for hydroxylation is 7. The lowest BCUT2D eigenvalue weighted by Gasteiger charge is -2.09. The molecular formula is C74H65F2N15O8. The summed E-state index contributed by atoms with van der Waals surface area (Å²) in [4.78, 5) is 111. The van der Waals surface area contributed by atoms with Crippen molar-refractivity contribution < 1.29 is 46.9 Å². The Labute approximate surface area is 568 Å². The van der Waals surface area contributed by atoms with E-state index in [1.54, 1.807) is 74.3 Å². The van der Waals surface area contributed by atoms with Crippen LogP contribution in [-0.4, -0.2) is 97.9 Å². The number of carbonyl (C=O) groups excluding carboxylic acids is 4. The number of Topliss-reactive ketones (excluding diaryl/α,β-unsaturated/α-hetero) is 4. The molecule has 25 heteroatoms. The Morgan fingerprint density at radius 1 is 0.323 bits per heavy atom. The number of rotatable bonds is 22. The zero-order valence-corrected chi connectivity index (χ0v) is 54.9. The first-order valence-corrected chi connectivity index (χ1v) is 30.9. The van der Waals surface area contributed by atoms with Gasteiger partial charge in [-0.2, -0.15) is 0 Å². The van der Waals surface area contributed by atoms with Gasteiger partial charge in [0.15, 0.2) is 40.4 Å². The summed E-state index contributed by atoms with van der Waals surface area (Å²) in [6.07, 6.45) is 21.0. The summed E-state index contributed by atoms with van der Waals surface area (Å²) in [5.41, 5.74) is 9.35. The molecule has 23 nitrogen and oxygen atoms in total. The lowest BCUT2D eigenvalue weighted by molar-refractivity contribution is 0.0978. The minimum atomic E-state index is -0.492. The average Bonchev–Trinajstić information content (AvgIpc) is 1.55. The number of halogens is 2. The fourth-order valence-electron chi connectivity index (χ4n) is 9.13. The molecule has 0 atom stereocenters. The molecule has 0 bridgehead atoms. The van der Waals surface area contributed by atoms with Gasteiger partial charge in [-0.1, -0.05) is 32.0 Å². The first-order valence-electron chi connectivity index (χ1n) is 30.9. The monoisotopic (exact) mass is 1330 g/mol. The van der Waals surface area contributed by atoms with Crippen LogP contribution in [0.1, 0.15) is 118 Å². The third-order valence-electron chi connectivity index (χ3n) is 13.7. The fourth-order valence-corrected chi connectivity index (χ4v) is 9.13. The van der Waals surface area contributed by atoms with E-state index in [0.29, 0.717) is 98.6 Å². The predicted octanol–water partition coefficient (Wildman–Crippen LogP) is 13.5. The number of aromatic nitrogens is 15. The van der Waals surface area contributed by atoms with Gasteiger partial charge in [0.1, 0.15) is 82.1 Å². The molecule has 0 amide bonds. The predicted molar refractivity (Wildman–Crippen MR) is 359 cm³/mol. The van der Waals surface area contributed by atoms with E-state index in [9.17, 15) is 28.0 Å². The minimum Gasteiger partial charge on any atom is -0.455 e. The number of hydrogen-bond donors (Lipinski definition) is 0. The Hall–Kier alpha value is -12.7. The van der Waals surface area contributed by atoms with Crippen molar-refractivity contribution in [1.82, 2.24) is 74.8 Å². The summed E-state index contributed by atoms with van der Waals surface area (Å²) in [5, 5.41) is 0. The van der Waals surface area contributed by atoms with Gasteiger partial charge in [-0.15, -0.1) is 0 Å². The van der Waals surface area contributed by atoms with Crippen molar-refractivity contribution in [2.75, 3.05) is 0 Å². The molecule has 0 saturated heterocycles. The zero-order valence-electron chi connectivity index (χ0n) is 54.9. The second kappa shape index (κ2) is 35.2. The number of ketones is 4. The number of pyridine rings is 9. The normalized spacial score (nSPS) is 10.5. The lowest BCUT2D eigenvalue weighted by atomic mass is 10.1. The highest BCUT2D eigenvalue weighted by molar-refractivity contribution is 5.97. The van der Waals surface area contributed by atoms with Gasteiger partial charge in [-0.3, -0.25) is 44.1 Å². The first kappa shape index (κ1) is 70.6. The topological polar surface area (TPSA) is 299 Å². The van der Waals surface area contributed by atoms with Gasteiger partial charge < -0.3 is 18.9 Å². The lowest BCUT2D eigenvalue weighted by Crippen LogP contribution is -2.09. The second-order valence-electron chi connectivity index (χ2n) is 21.9. The molecule has 12 heterocycles. The summed E-state index contributed by atoms with van der Waals surface area (Å²) in [7, 11) is 0. The van der Waals surface area contributed by atoms with Crippen molar-refractivity contribution in [2.45, 2.75) is 87.0 Å². The Balaban J connectivity index is 0.000000154. The fraction of sp³-hybridized carbons (Fsp3) is 0.176. The third kappa shape index (κ3) is 22.8. The molecule has 0 fully saturated rings. The van der Waals surface area contributed by atoms with E-state index in [4.69, 9.17) is 18.9 Å². The SMILES string of the molecule is CCc1cc(Oc2cncc(F)c2)cc(C(=O)Cc2cccc(C)n2)n1.CCc1cc(Oc2cncnc2)cc(C(=O)Cc2ccc(C)cn2)n1.Cc1cc(Oc2cncnc2)cc(C(=O)Cc2cc(F)ccn2)n1.Cc1cccc(CC(=O)c2cc(Oc3cncnc3)cc(C)n2)n1.